The topological polar surface area (TPSA) is 51.8 Å². The van der Waals surface area contributed by atoms with Gasteiger partial charge in [0.2, 0.25) is 0 Å². The van der Waals surface area contributed by atoms with Gasteiger partial charge in [0.05, 0.1) is 11.4 Å². The molecule has 0 saturated carbocycles. The quantitative estimate of drug-likeness (QED) is 0.171. The molecule has 0 spiro atoms. The highest BCUT2D eigenvalue weighted by Crippen LogP contribution is 2.44. The Morgan fingerprint density at radius 3 is 1.80 bits per heavy atom. The van der Waals surface area contributed by atoms with E-state index in [-0.39, 0.29) is 0 Å². The maximum Gasteiger partial charge on any atom is 0.160 e. The van der Waals surface area contributed by atoms with Gasteiger partial charge in [0.15, 0.2) is 5.82 Å². The Balaban J connectivity index is 1.00. The molecule has 11 rings (SSSR count). The smallest absolute Gasteiger partial charge is 0.160 e. The molecule has 0 aliphatic rings. The molecule has 0 atom stereocenters. The molecule has 0 saturated heterocycles. The van der Waals surface area contributed by atoms with Crippen LogP contribution >= 0.6 is 11.3 Å². The van der Waals surface area contributed by atoms with Crippen LogP contribution in [0.15, 0.2) is 193 Å². The Kier molecular flexibility index (Phi) is 7.64. The van der Waals surface area contributed by atoms with Crippen molar-refractivity contribution in [3.05, 3.63) is 188 Å². The second-order valence-corrected chi connectivity index (χ2v) is 15.1. The van der Waals surface area contributed by atoms with Crippen LogP contribution in [0.5, 0.6) is 0 Å². The fraction of sp³-hybridized carbons (Fsp3) is 0. The standard InChI is InChI=1S/C51H31N3OS/c1-2-9-36(10-3-1)51-53-44(34-20-16-32(17-21-34)38-11-8-28-52-31-38)30-45(54-51)35-22-18-33(19-23-35)39-26-27-40(50-49(39)43-13-4-6-14-46(43)55-50)37-24-25-42-41-12-5-7-15-47(41)56-48(42)29-37/h1-31H. The highest BCUT2D eigenvalue weighted by Gasteiger charge is 2.19. The molecule has 0 radical (unpaired) electrons. The third-order valence-electron chi connectivity index (χ3n) is 10.6. The Hall–Kier alpha value is -7.21. The number of benzene rings is 7. The number of thiophene rings is 1. The molecule has 0 aliphatic heterocycles. The largest absolute Gasteiger partial charge is 0.455 e. The predicted octanol–water partition coefficient (Wildman–Crippen LogP) is 14.1. The van der Waals surface area contributed by atoms with E-state index in [2.05, 4.69) is 151 Å². The van der Waals surface area contributed by atoms with E-state index in [4.69, 9.17) is 14.4 Å². The van der Waals surface area contributed by atoms with Crippen LogP contribution in [0.3, 0.4) is 0 Å². The van der Waals surface area contributed by atoms with E-state index in [1.54, 1.807) is 6.20 Å². The summed E-state index contributed by atoms with van der Waals surface area (Å²) < 4.78 is 9.27. The van der Waals surface area contributed by atoms with E-state index in [0.29, 0.717) is 5.82 Å². The van der Waals surface area contributed by atoms with E-state index < -0.39 is 0 Å². The first-order chi connectivity index (χ1) is 27.7. The normalized spacial score (nSPS) is 11.6. The van der Waals surface area contributed by atoms with Gasteiger partial charge in [-0.2, -0.15) is 0 Å². The van der Waals surface area contributed by atoms with Crippen LogP contribution in [-0.2, 0) is 0 Å². The summed E-state index contributed by atoms with van der Waals surface area (Å²) in [6, 6.07) is 61.7. The van der Waals surface area contributed by atoms with Crippen molar-refractivity contribution < 1.29 is 4.42 Å². The van der Waals surface area contributed by atoms with Crippen molar-refractivity contribution in [2.24, 2.45) is 0 Å². The maximum absolute atomic E-state index is 6.69. The number of furan rings is 1. The average molecular weight is 734 g/mol. The maximum atomic E-state index is 6.69. The zero-order valence-electron chi connectivity index (χ0n) is 30.1. The van der Waals surface area contributed by atoms with Crippen LogP contribution in [0, 0.1) is 0 Å². The van der Waals surface area contributed by atoms with Crippen molar-refractivity contribution in [3.8, 4) is 67.3 Å². The molecule has 262 valence electrons. The number of para-hydroxylation sites is 1. The van der Waals surface area contributed by atoms with Crippen molar-refractivity contribution in [3.63, 3.8) is 0 Å². The average Bonchev–Trinajstić information content (AvgIpc) is 3.85. The summed E-state index contributed by atoms with van der Waals surface area (Å²) in [5.74, 6) is 0.689. The fourth-order valence-corrected chi connectivity index (χ4v) is 8.98. The highest BCUT2D eigenvalue weighted by atomic mass is 32.1. The zero-order chi connectivity index (χ0) is 37.0. The molecule has 11 aromatic rings. The number of fused-ring (bicyclic) bond motifs is 6. The number of aromatic nitrogens is 3. The van der Waals surface area contributed by atoms with E-state index in [9.17, 15) is 0 Å². The molecule has 7 aromatic carbocycles. The molecule has 0 unspecified atom stereocenters. The molecule has 4 nitrogen and oxygen atoms in total. The van der Waals surface area contributed by atoms with Crippen LogP contribution in [0.4, 0.5) is 0 Å². The van der Waals surface area contributed by atoms with Crippen molar-refractivity contribution in [2.75, 3.05) is 0 Å². The lowest BCUT2D eigenvalue weighted by Gasteiger charge is -2.12. The minimum atomic E-state index is 0.689. The summed E-state index contributed by atoms with van der Waals surface area (Å²) >= 11 is 1.84. The summed E-state index contributed by atoms with van der Waals surface area (Å²) in [5, 5.41) is 4.82. The molecular weight excluding hydrogens is 703 g/mol. The Morgan fingerprint density at radius 1 is 0.411 bits per heavy atom. The van der Waals surface area contributed by atoms with Gasteiger partial charge in [-0.05, 0) is 64.2 Å². The van der Waals surface area contributed by atoms with Gasteiger partial charge in [-0.3, -0.25) is 4.98 Å². The van der Waals surface area contributed by atoms with Crippen molar-refractivity contribution in [2.45, 2.75) is 0 Å². The van der Waals surface area contributed by atoms with Crippen LogP contribution in [-0.4, -0.2) is 15.0 Å². The van der Waals surface area contributed by atoms with Gasteiger partial charge in [-0.25, -0.2) is 9.97 Å². The van der Waals surface area contributed by atoms with Gasteiger partial charge >= 0.3 is 0 Å². The van der Waals surface area contributed by atoms with Gasteiger partial charge in [0, 0.05) is 65.6 Å². The second kappa shape index (κ2) is 13.3. The molecule has 4 heterocycles. The third kappa shape index (κ3) is 5.56. The summed E-state index contributed by atoms with van der Waals surface area (Å²) in [6.45, 7) is 0. The lowest BCUT2D eigenvalue weighted by molar-refractivity contribution is 0.670. The minimum absolute atomic E-state index is 0.689. The molecule has 56 heavy (non-hydrogen) atoms. The third-order valence-corrected chi connectivity index (χ3v) is 11.8. The van der Waals surface area contributed by atoms with Gasteiger partial charge in [-0.1, -0.05) is 140 Å². The number of nitrogens with zero attached hydrogens (tertiary/aromatic N) is 3. The summed E-state index contributed by atoms with van der Waals surface area (Å²) in [5.41, 5.74) is 13.2. The lowest BCUT2D eigenvalue weighted by Crippen LogP contribution is -1.96. The molecular formula is C51H31N3OS. The molecule has 4 aromatic heterocycles. The van der Waals surface area contributed by atoms with Gasteiger partial charge in [0.1, 0.15) is 11.2 Å². The first-order valence-electron chi connectivity index (χ1n) is 18.7. The molecule has 0 bridgehead atoms. The Bertz CT molecular complexity index is 3220. The molecule has 0 amide bonds. The Morgan fingerprint density at radius 2 is 1.04 bits per heavy atom. The molecule has 0 fully saturated rings. The van der Waals surface area contributed by atoms with E-state index in [1.807, 2.05) is 47.9 Å². The van der Waals surface area contributed by atoms with Crippen molar-refractivity contribution in [1.82, 2.24) is 15.0 Å². The van der Waals surface area contributed by atoms with Crippen molar-refractivity contribution in [1.29, 1.82) is 0 Å². The lowest BCUT2D eigenvalue weighted by atomic mass is 9.93. The highest BCUT2D eigenvalue weighted by molar-refractivity contribution is 7.25. The number of rotatable bonds is 6. The summed E-state index contributed by atoms with van der Waals surface area (Å²) in [7, 11) is 0. The second-order valence-electron chi connectivity index (χ2n) is 14.0. The van der Waals surface area contributed by atoms with Crippen LogP contribution < -0.4 is 0 Å². The predicted molar refractivity (Wildman–Crippen MR) is 233 cm³/mol. The van der Waals surface area contributed by atoms with Crippen LogP contribution in [0.1, 0.15) is 0 Å². The van der Waals surface area contributed by atoms with E-state index >= 15 is 0 Å². The van der Waals surface area contributed by atoms with Crippen LogP contribution in [0.2, 0.25) is 0 Å². The molecule has 0 N–H and O–H groups in total. The van der Waals surface area contributed by atoms with E-state index in [1.165, 1.54) is 20.2 Å². The number of hydrogen-bond donors (Lipinski definition) is 0. The fourth-order valence-electron chi connectivity index (χ4n) is 7.84. The van der Waals surface area contributed by atoms with Gasteiger partial charge in [0.25, 0.3) is 0 Å². The Labute approximate surface area is 327 Å². The minimum Gasteiger partial charge on any atom is -0.455 e. The molecule has 5 heteroatoms. The zero-order valence-corrected chi connectivity index (χ0v) is 30.9. The number of hydrogen-bond acceptors (Lipinski definition) is 5. The van der Waals surface area contributed by atoms with Gasteiger partial charge in [-0.15, -0.1) is 11.3 Å². The summed E-state index contributed by atoms with van der Waals surface area (Å²) in [6.07, 6.45) is 3.68. The van der Waals surface area contributed by atoms with E-state index in [0.717, 1.165) is 83.4 Å². The van der Waals surface area contributed by atoms with Gasteiger partial charge < -0.3 is 4.42 Å². The first kappa shape index (κ1) is 32.2. The number of pyridine rings is 1. The SMILES string of the molecule is c1ccc(-c2nc(-c3ccc(-c4cccnc4)cc3)cc(-c3ccc(-c4ccc(-c5ccc6c(c5)sc5ccccc56)c5oc6ccccc6c45)cc3)n2)cc1. The monoisotopic (exact) mass is 733 g/mol. The summed E-state index contributed by atoms with van der Waals surface area (Å²) in [4.78, 5) is 14.4. The first-order valence-corrected chi connectivity index (χ1v) is 19.5. The van der Waals surface area contributed by atoms with Crippen molar-refractivity contribution >= 4 is 53.4 Å². The molecule has 0 aliphatic carbocycles. The van der Waals surface area contributed by atoms with Crippen LogP contribution in [0.25, 0.3) is 109 Å².